The van der Waals surface area contributed by atoms with E-state index in [1.807, 2.05) is 6.92 Å². The van der Waals surface area contributed by atoms with Crippen LogP contribution in [0.5, 0.6) is 0 Å². The molecule has 0 aromatic carbocycles. The third-order valence-electron chi connectivity index (χ3n) is 2.25. The van der Waals surface area contributed by atoms with Crippen molar-refractivity contribution in [1.29, 1.82) is 0 Å². The highest BCUT2D eigenvalue weighted by atomic mass is 16.1. The fourth-order valence-corrected chi connectivity index (χ4v) is 1.19. The summed E-state index contributed by atoms with van der Waals surface area (Å²) < 4.78 is 0. The molecule has 0 spiro atoms. The molecule has 2 heteroatoms. The van der Waals surface area contributed by atoms with E-state index in [0.29, 0.717) is 23.1 Å². The molecule has 0 heterocycles. The minimum atomic E-state index is -0.0241. The first kappa shape index (κ1) is 8.91. The summed E-state index contributed by atoms with van der Waals surface area (Å²) in [6.07, 6.45) is 2.08. The number of carbonyl (C=O) groups excluding carboxylic acids is 2. The first-order valence-electron chi connectivity index (χ1n) is 4.05. The SMILES string of the molecule is CCC1=CC(=O)C(C)=C(C)C1=O. The van der Waals surface area contributed by atoms with E-state index in [-0.39, 0.29) is 11.6 Å². The fourth-order valence-electron chi connectivity index (χ4n) is 1.19. The summed E-state index contributed by atoms with van der Waals surface area (Å²) in [5, 5.41) is 0. The number of carbonyl (C=O) groups is 2. The number of hydrogen-bond acceptors (Lipinski definition) is 2. The Labute approximate surface area is 72.0 Å². The number of hydrogen-bond donors (Lipinski definition) is 0. The largest absolute Gasteiger partial charge is 0.290 e. The number of rotatable bonds is 1. The van der Waals surface area contributed by atoms with Gasteiger partial charge in [-0.25, -0.2) is 0 Å². The maximum absolute atomic E-state index is 11.4. The molecule has 0 saturated carbocycles. The molecule has 64 valence electrons. The molecule has 0 saturated heterocycles. The Morgan fingerprint density at radius 3 is 2.25 bits per heavy atom. The van der Waals surface area contributed by atoms with E-state index in [1.165, 1.54) is 6.08 Å². The summed E-state index contributed by atoms with van der Waals surface area (Å²) in [7, 11) is 0. The molecular formula is C10H12O2. The van der Waals surface area contributed by atoms with Crippen molar-refractivity contribution < 1.29 is 9.59 Å². The maximum Gasteiger partial charge on any atom is 0.185 e. The summed E-state index contributed by atoms with van der Waals surface area (Å²) >= 11 is 0. The summed E-state index contributed by atoms with van der Waals surface area (Å²) in [4.78, 5) is 22.7. The van der Waals surface area contributed by atoms with Crippen LogP contribution < -0.4 is 0 Å². The van der Waals surface area contributed by atoms with Gasteiger partial charge >= 0.3 is 0 Å². The van der Waals surface area contributed by atoms with Gasteiger partial charge in [-0.05, 0) is 26.3 Å². The predicted octanol–water partition coefficient (Wildman–Crippen LogP) is 1.81. The van der Waals surface area contributed by atoms with Crippen LogP contribution in [0.4, 0.5) is 0 Å². The molecule has 0 amide bonds. The molecule has 0 N–H and O–H groups in total. The molecule has 1 aliphatic carbocycles. The normalized spacial score (nSPS) is 18.4. The smallest absolute Gasteiger partial charge is 0.185 e. The molecule has 0 radical (unpaired) electrons. The van der Waals surface area contributed by atoms with Gasteiger partial charge < -0.3 is 0 Å². The van der Waals surface area contributed by atoms with Crippen molar-refractivity contribution in [3.8, 4) is 0 Å². The van der Waals surface area contributed by atoms with Crippen molar-refractivity contribution in [2.45, 2.75) is 27.2 Å². The van der Waals surface area contributed by atoms with Gasteiger partial charge in [0, 0.05) is 16.7 Å². The molecule has 2 nitrogen and oxygen atoms in total. The van der Waals surface area contributed by atoms with Crippen molar-refractivity contribution in [3.63, 3.8) is 0 Å². The molecule has 0 aromatic rings. The highest BCUT2D eigenvalue weighted by Gasteiger charge is 2.21. The van der Waals surface area contributed by atoms with Gasteiger partial charge in [-0.2, -0.15) is 0 Å². The summed E-state index contributed by atoms with van der Waals surface area (Å²) in [6.45, 7) is 5.28. The molecule has 0 fully saturated rings. The van der Waals surface area contributed by atoms with Crippen molar-refractivity contribution in [2.24, 2.45) is 0 Å². The van der Waals surface area contributed by atoms with Gasteiger partial charge in [-0.1, -0.05) is 6.92 Å². The Bertz CT molecular complexity index is 306. The van der Waals surface area contributed by atoms with E-state index in [2.05, 4.69) is 0 Å². The molecule has 0 aliphatic heterocycles. The molecule has 1 aliphatic rings. The Balaban J connectivity index is 3.13. The number of Topliss-reactive ketones (excluding diaryl/α,β-unsaturated/α-hetero) is 1. The predicted molar refractivity (Wildman–Crippen MR) is 46.8 cm³/mol. The Morgan fingerprint density at radius 1 is 1.17 bits per heavy atom. The van der Waals surface area contributed by atoms with Crippen LogP contribution in [0.15, 0.2) is 22.8 Å². The Kier molecular flexibility index (Phi) is 2.27. The minimum absolute atomic E-state index is 0.0228. The third kappa shape index (κ3) is 1.24. The molecule has 0 bridgehead atoms. The quantitative estimate of drug-likeness (QED) is 0.554. The van der Waals surface area contributed by atoms with Gasteiger partial charge in [0.25, 0.3) is 0 Å². The minimum Gasteiger partial charge on any atom is -0.290 e. The first-order valence-corrected chi connectivity index (χ1v) is 4.05. The van der Waals surface area contributed by atoms with Gasteiger partial charge in [-0.15, -0.1) is 0 Å². The van der Waals surface area contributed by atoms with Gasteiger partial charge in [-0.3, -0.25) is 9.59 Å². The zero-order valence-corrected chi connectivity index (χ0v) is 7.60. The Morgan fingerprint density at radius 2 is 1.75 bits per heavy atom. The van der Waals surface area contributed by atoms with Crippen LogP contribution in [0.1, 0.15) is 27.2 Å². The molecule has 0 atom stereocenters. The van der Waals surface area contributed by atoms with Gasteiger partial charge in [0.15, 0.2) is 11.6 Å². The number of allylic oxidation sites excluding steroid dienone is 4. The Hall–Kier alpha value is -1.18. The lowest BCUT2D eigenvalue weighted by Crippen LogP contribution is -2.15. The van der Waals surface area contributed by atoms with E-state index in [0.717, 1.165) is 0 Å². The van der Waals surface area contributed by atoms with Crippen molar-refractivity contribution in [3.05, 3.63) is 22.8 Å². The van der Waals surface area contributed by atoms with E-state index in [1.54, 1.807) is 13.8 Å². The summed E-state index contributed by atoms with van der Waals surface area (Å²) in [6, 6.07) is 0. The van der Waals surface area contributed by atoms with Crippen LogP contribution in [0.25, 0.3) is 0 Å². The zero-order valence-electron chi connectivity index (χ0n) is 7.60. The summed E-state index contributed by atoms with van der Waals surface area (Å²) in [5.74, 6) is -0.00134. The highest BCUT2D eigenvalue weighted by molar-refractivity contribution is 6.22. The van der Waals surface area contributed by atoms with E-state index in [9.17, 15) is 9.59 Å². The lowest BCUT2D eigenvalue weighted by atomic mass is 9.90. The second kappa shape index (κ2) is 3.05. The fraction of sp³-hybridized carbons (Fsp3) is 0.400. The topological polar surface area (TPSA) is 34.1 Å². The van der Waals surface area contributed by atoms with Crippen molar-refractivity contribution in [1.82, 2.24) is 0 Å². The second-order valence-electron chi connectivity index (χ2n) is 2.97. The molecule has 12 heavy (non-hydrogen) atoms. The van der Waals surface area contributed by atoms with Crippen molar-refractivity contribution >= 4 is 11.6 Å². The lowest BCUT2D eigenvalue weighted by Gasteiger charge is -2.12. The molecular weight excluding hydrogens is 152 g/mol. The maximum atomic E-state index is 11.4. The molecule has 0 unspecified atom stereocenters. The second-order valence-corrected chi connectivity index (χ2v) is 2.97. The van der Waals surface area contributed by atoms with Gasteiger partial charge in [0.05, 0.1) is 0 Å². The van der Waals surface area contributed by atoms with Gasteiger partial charge in [0.2, 0.25) is 0 Å². The van der Waals surface area contributed by atoms with Crippen LogP contribution in [-0.4, -0.2) is 11.6 Å². The van der Waals surface area contributed by atoms with Crippen LogP contribution in [0.2, 0.25) is 0 Å². The van der Waals surface area contributed by atoms with Gasteiger partial charge in [0.1, 0.15) is 0 Å². The zero-order chi connectivity index (χ0) is 9.30. The van der Waals surface area contributed by atoms with Crippen LogP contribution in [-0.2, 0) is 9.59 Å². The average molecular weight is 164 g/mol. The van der Waals surface area contributed by atoms with E-state index in [4.69, 9.17) is 0 Å². The highest BCUT2D eigenvalue weighted by Crippen LogP contribution is 2.19. The van der Waals surface area contributed by atoms with Crippen LogP contribution >= 0.6 is 0 Å². The van der Waals surface area contributed by atoms with Crippen LogP contribution in [0.3, 0.4) is 0 Å². The third-order valence-corrected chi connectivity index (χ3v) is 2.25. The first-order chi connectivity index (χ1) is 5.57. The van der Waals surface area contributed by atoms with Crippen molar-refractivity contribution in [2.75, 3.05) is 0 Å². The lowest BCUT2D eigenvalue weighted by molar-refractivity contribution is -0.115. The van der Waals surface area contributed by atoms with E-state index < -0.39 is 0 Å². The number of ketones is 2. The summed E-state index contributed by atoms with van der Waals surface area (Å²) in [5.41, 5.74) is 1.81. The van der Waals surface area contributed by atoms with E-state index >= 15 is 0 Å². The average Bonchev–Trinajstić information content (AvgIpc) is 2.08. The molecule has 1 rings (SSSR count). The standard InChI is InChI=1S/C10H12O2/c1-4-8-5-9(11)6(2)7(3)10(8)12/h5H,4H2,1-3H3. The van der Waals surface area contributed by atoms with Crippen LogP contribution in [0, 0.1) is 0 Å². The molecule has 0 aromatic heterocycles. The monoisotopic (exact) mass is 164 g/mol.